The second kappa shape index (κ2) is 6.16. The number of hydrogen-bond donors (Lipinski definition) is 2. The number of carboxylic acid groups (broad SMARTS) is 1. The average molecular weight is 291 g/mol. The molecule has 1 amide bonds. The number of rotatable bonds is 6. The summed E-state index contributed by atoms with van der Waals surface area (Å²) in [7, 11) is 1.58. The predicted molar refractivity (Wildman–Crippen MR) is 78.1 cm³/mol. The number of para-hydroxylation sites is 1. The van der Waals surface area contributed by atoms with E-state index in [0.717, 1.165) is 12.0 Å². The van der Waals surface area contributed by atoms with Crippen LogP contribution in [0, 0.1) is 5.41 Å². The molecular weight excluding hydrogens is 270 g/mol. The number of amides is 1. The van der Waals surface area contributed by atoms with Gasteiger partial charge in [-0.1, -0.05) is 24.6 Å². The zero-order valence-electron chi connectivity index (χ0n) is 12.4. The number of benzene rings is 1. The van der Waals surface area contributed by atoms with Gasteiger partial charge in [-0.25, -0.2) is 0 Å². The summed E-state index contributed by atoms with van der Waals surface area (Å²) in [4.78, 5) is 23.4. The SMILES string of the molecule is COc1ccccc1C(C)NC(=O)CC1(C(=O)O)CCC1. The van der Waals surface area contributed by atoms with E-state index in [1.165, 1.54) is 0 Å². The van der Waals surface area contributed by atoms with Gasteiger partial charge < -0.3 is 15.2 Å². The number of carbonyl (C=O) groups is 2. The molecule has 0 spiro atoms. The highest BCUT2D eigenvalue weighted by molar-refractivity contribution is 5.85. The number of ether oxygens (including phenoxy) is 1. The Kier molecular flexibility index (Phi) is 4.50. The summed E-state index contributed by atoms with van der Waals surface area (Å²) in [5.74, 6) is -0.383. The van der Waals surface area contributed by atoms with E-state index in [0.29, 0.717) is 18.6 Å². The molecule has 1 unspecified atom stereocenters. The number of carbonyl (C=O) groups excluding carboxylic acids is 1. The molecule has 5 nitrogen and oxygen atoms in total. The summed E-state index contributed by atoms with van der Waals surface area (Å²) in [6, 6.07) is 7.25. The van der Waals surface area contributed by atoms with E-state index in [1.807, 2.05) is 31.2 Å². The first-order valence-electron chi connectivity index (χ1n) is 7.14. The van der Waals surface area contributed by atoms with Crippen LogP contribution in [0.1, 0.15) is 44.2 Å². The minimum atomic E-state index is -0.867. The quantitative estimate of drug-likeness (QED) is 0.844. The Bertz CT molecular complexity index is 537. The highest BCUT2D eigenvalue weighted by atomic mass is 16.5. The molecular formula is C16H21NO4. The number of nitrogens with one attached hydrogen (secondary N) is 1. The van der Waals surface area contributed by atoms with Crippen molar-refractivity contribution in [1.82, 2.24) is 5.32 Å². The van der Waals surface area contributed by atoms with E-state index in [4.69, 9.17) is 4.74 Å². The van der Waals surface area contributed by atoms with Crippen LogP contribution in [0.15, 0.2) is 24.3 Å². The van der Waals surface area contributed by atoms with Gasteiger partial charge in [0.1, 0.15) is 5.75 Å². The molecule has 0 heterocycles. The molecule has 0 aliphatic heterocycles. The van der Waals surface area contributed by atoms with Crippen LogP contribution in [0.5, 0.6) is 5.75 Å². The number of carboxylic acids is 1. The first kappa shape index (κ1) is 15.4. The maximum Gasteiger partial charge on any atom is 0.310 e. The van der Waals surface area contributed by atoms with Crippen molar-refractivity contribution in [3.63, 3.8) is 0 Å². The monoisotopic (exact) mass is 291 g/mol. The molecule has 0 bridgehead atoms. The Morgan fingerprint density at radius 1 is 1.38 bits per heavy atom. The fourth-order valence-electron chi connectivity index (χ4n) is 2.77. The molecule has 1 aliphatic carbocycles. The molecule has 1 saturated carbocycles. The van der Waals surface area contributed by atoms with Crippen LogP contribution < -0.4 is 10.1 Å². The van der Waals surface area contributed by atoms with E-state index in [2.05, 4.69) is 5.32 Å². The van der Waals surface area contributed by atoms with Crippen LogP contribution in [0.4, 0.5) is 0 Å². The van der Waals surface area contributed by atoms with Crippen molar-refractivity contribution >= 4 is 11.9 Å². The summed E-state index contributed by atoms with van der Waals surface area (Å²) in [6.45, 7) is 1.87. The van der Waals surface area contributed by atoms with Crippen molar-refractivity contribution < 1.29 is 19.4 Å². The third-order valence-corrected chi connectivity index (χ3v) is 4.25. The fourth-order valence-corrected chi connectivity index (χ4v) is 2.77. The molecule has 1 aliphatic rings. The van der Waals surface area contributed by atoms with Crippen LogP contribution in [-0.4, -0.2) is 24.1 Å². The third-order valence-electron chi connectivity index (χ3n) is 4.25. The lowest BCUT2D eigenvalue weighted by atomic mass is 9.66. The first-order valence-corrected chi connectivity index (χ1v) is 7.14. The molecule has 114 valence electrons. The normalized spacial score (nSPS) is 17.4. The van der Waals surface area contributed by atoms with Gasteiger partial charge in [-0.15, -0.1) is 0 Å². The molecule has 5 heteroatoms. The summed E-state index contributed by atoms with van der Waals surface area (Å²) in [5.41, 5.74) is 0.0243. The number of aliphatic carboxylic acids is 1. The largest absolute Gasteiger partial charge is 0.496 e. The third kappa shape index (κ3) is 3.17. The number of hydrogen-bond acceptors (Lipinski definition) is 3. The van der Waals surface area contributed by atoms with Crippen molar-refractivity contribution in [2.45, 2.75) is 38.6 Å². The second-order valence-corrected chi connectivity index (χ2v) is 5.65. The van der Waals surface area contributed by atoms with E-state index < -0.39 is 11.4 Å². The van der Waals surface area contributed by atoms with Gasteiger partial charge in [0.05, 0.1) is 18.6 Å². The summed E-state index contributed by atoms with van der Waals surface area (Å²) in [5, 5.41) is 12.1. The van der Waals surface area contributed by atoms with E-state index in [9.17, 15) is 14.7 Å². The van der Waals surface area contributed by atoms with Crippen molar-refractivity contribution in [3.8, 4) is 5.75 Å². The van der Waals surface area contributed by atoms with Crippen LogP contribution in [0.3, 0.4) is 0 Å². The number of methoxy groups -OCH3 is 1. The zero-order chi connectivity index (χ0) is 15.5. The van der Waals surface area contributed by atoms with Gasteiger partial charge >= 0.3 is 5.97 Å². The van der Waals surface area contributed by atoms with Crippen molar-refractivity contribution in [3.05, 3.63) is 29.8 Å². The maximum absolute atomic E-state index is 12.1. The molecule has 0 radical (unpaired) electrons. The Morgan fingerprint density at radius 2 is 2.05 bits per heavy atom. The van der Waals surface area contributed by atoms with Gasteiger partial charge in [-0.05, 0) is 25.8 Å². The molecule has 0 saturated heterocycles. The molecule has 2 rings (SSSR count). The fraction of sp³-hybridized carbons (Fsp3) is 0.500. The Hall–Kier alpha value is -2.04. The molecule has 1 aromatic carbocycles. The topological polar surface area (TPSA) is 75.6 Å². The van der Waals surface area contributed by atoms with Gasteiger partial charge in [0.25, 0.3) is 0 Å². The zero-order valence-corrected chi connectivity index (χ0v) is 12.4. The van der Waals surface area contributed by atoms with E-state index >= 15 is 0 Å². The van der Waals surface area contributed by atoms with Crippen molar-refractivity contribution in [1.29, 1.82) is 0 Å². The standard InChI is InChI=1S/C16H21NO4/c1-11(12-6-3-4-7-13(12)21-2)17-14(18)10-16(15(19)20)8-5-9-16/h3-4,6-7,11H,5,8-10H2,1-2H3,(H,17,18)(H,19,20). The summed E-state index contributed by atoms with van der Waals surface area (Å²) in [6.07, 6.45) is 2.08. The molecule has 1 aromatic rings. The van der Waals surface area contributed by atoms with Crippen LogP contribution in [0.25, 0.3) is 0 Å². The molecule has 2 N–H and O–H groups in total. The van der Waals surface area contributed by atoms with Crippen LogP contribution >= 0.6 is 0 Å². The second-order valence-electron chi connectivity index (χ2n) is 5.65. The van der Waals surface area contributed by atoms with Gasteiger partial charge in [-0.3, -0.25) is 9.59 Å². The molecule has 1 atom stereocenters. The van der Waals surface area contributed by atoms with Crippen molar-refractivity contribution in [2.24, 2.45) is 5.41 Å². The summed E-state index contributed by atoms with van der Waals surface area (Å²) >= 11 is 0. The van der Waals surface area contributed by atoms with Gasteiger partial charge in [0.15, 0.2) is 0 Å². The Morgan fingerprint density at radius 3 is 2.57 bits per heavy atom. The van der Waals surface area contributed by atoms with Crippen LogP contribution in [-0.2, 0) is 9.59 Å². The molecule has 0 aromatic heterocycles. The highest BCUT2D eigenvalue weighted by Crippen LogP contribution is 2.44. The lowest BCUT2D eigenvalue weighted by Gasteiger charge is -2.37. The van der Waals surface area contributed by atoms with Gasteiger partial charge in [0.2, 0.25) is 5.91 Å². The predicted octanol–water partition coefficient (Wildman–Crippen LogP) is 2.52. The van der Waals surface area contributed by atoms with E-state index in [-0.39, 0.29) is 18.4 Å². The van der Waals surface area contributed by atoms with Gasteiger partial charge in [-0.2, -0.15) is 0 Å². The maximum atomic E-state index is 12.1. The lowest BCUT2D eigenvalue weighted by Crippen LogP contribution is -2.43. The minimum absolute atomic E-state index is 0.0435. The lowest BCUT2D eigenvalue weighted by molar-refractivity contribution is -0.157. The molecule has 21 heavy (non-hydrogen) atoms. The summed E-state index contributed by atoms with van der Waals surface area (Å²) < 4.78 is 5.27. The molecule has 1 fully saturated rings. The average Bonchev–Trinajstić information content (AvgIpc) is 2.42. The van der Waals surface area contributed by atoms with Crippen LogP contribution in [0.2, 0.25) is 0 Å². The van der Waals surface area contributed by atoms with Gasteiger partial charge in [0, 0.05) is 12.0 Å². The Balaban J connectivity index is 2.01. The first-order chi connectivity index (χ1) is 9.98. The Labute approximate surface area is 124 Å². The highest BCUT2D eigenvalue weighted by Gasteiger charge is 2.46. The van der Waals surface area contributed by atoms with E-state index in [1.54, 1.807) is 7.11 Å². The smallest absolute Gasteiger partial charge is 0.310 e. The van der Waals surface area contributed by atoms with Crippen molar-refractivity contribution in [2.75, 3.05) is 7.11 Å². The minimum Gasteiger partial charge on any atom is -0.496 e.